The van der Waals surface area contributed by atoms with E-state index in [4.69, 9.17) is 28.9 Å². The van der Waals surface area contributed by atoms with Crippen LogP contribution in [-0.2, 0) is 0 Å². The molecule has 0 unspecified atom stereocenters. The number of benzene rings is 2. The van der Waals surface area contributed by atoms with Gasteiger partial charge < -0.3 is 10.4 Å². The van der Waals surface area contributed by atoms with Crippen LogP contribution in [0.3, 0.4) is 0 Å². The molecule has 0 saturated carbocycles. The topological polar surface area (TPSA) is 165 Å². The van der Waals surface area contributed by atoms with Crippen molar-refractivity contribution < 1.29 is 24.5 Å². The summed E-state index contributed by atoms with van der Waals surface area (Å²) in [6.45, 7) is 0. The van der Waals surface area contributed by atoms with Crippen LogP contribution in [0.1, 0.15) is 20.7 Å². The van der Waals surface area contributed by atoms with E-state index in [2.05, 4.69) is 10.6 Å². The van der Waals surface area contributed by atoms with Crippen molar-refractivity contribution in [2.75, 3.05) is 5.32 Å². The van der Waals surface area contributed by atoms with Gasteiger partial charge in [0.25, 0.3) is 17.3 Å². The molecule has 0 aromatic heterocycles. The van der Waals surface area contributed by atoms with Crippen LogP contribution < -0.4 is 10.6 Å². The van der Waals surface area contributed by atoms with Crippen molar-refractivity contribution in [3.05, 3.63) is 72.8 Å². The normalized spacial score (nSPS) is 10.0. The zero-order valence-electron chi connectivity index (χ0n) is 13.5. The summed E-state index contributed by atoms with van der Waals surface area (Å²) in [5, 5.41) is 35.3. The van der Waals surface area contributed by atoms with E-state index >= 15 is 0 Å². The third-order valence-electron chi connectivity index (χ3n) is 3.27. The number of nitro benzene ring substituents is 2. The number of hydrogen-bond acceptors (Lipinski definition) is 7. The number of carbonyl (C=O) groups excluding carboxylic acids is 1. The highest BCUT2D eigenvalue weighted by molar-refractivity contribution is 7.80. The van der Waals surface area contributed by atoms with Crippen molar-refractivity contribution in [3.8, 4) is 0 Å². The zero-order valence-corrected chi connectivity index (χ0v) is 15.1. The summed E-state index contributed by atoms with van der Waals surface area (Å²) in [5.74, 6) is -2.20. The van der Waals surface area contributed by atoms with Gasteiger partial charge in [0.2, 0.25) is 0 Å². The van der Waals surface area contributed by atoms with Crippen LogP contribution in [-0.4, -0.2) is 31.9 Å². The molecule has 13 heteroatoms. The summed E-state index contributed by atoms with van der Waals surface area (Å²) < 4.78 is 0. The maximum atomic E-state index is 12.2. The minimum absolute atomic E-state index is 0.00286. The Bertz CT molecular complexity index is 995. The lowest BCUT2D eigenvalue weighted by Crippen LogP contribution is -2.34. The van der Waals surface area contributed by atoms with E-state index in [1.54, 1.807) is 0 Å². The Morgan fingerprint density at radius 1 is 1.04 bits per heavy atom. The Kier molecular flexibility index (Phi) is 6.18. The molecule has 0 aliphatic rings. The van der Waals surface area contributed by atoms with Gasteiger partial charge in [0.05, 0.1) is 32.1 Å². The molecule has 2 rings (SSSR count). The summed E-state index contributed by atoms with van der Waals surface area (Å²) in [6, 6.07) is 6.33. The van der Waals surface area contributed by atoms with Gasteiger partial charge in [-0.05, 0) is 30.4 Å². The van der Waals surface area contributed by atoms with Crippen molar-refractivity contribution >= 4 is 57.9 Å². The first-order chi connectivity index (χ1) is 13.1. The molecule has 0 saturated heterocycles. The third-order valence-corrected chi connectivity index (χ3v) is 3.80. The molecule has 0 heterocycles. The Morgan fingerprint density at radius 2 is 1.61 bits per heavy atom. The van der Waals surface area contributed by atoms with Gasteiger partial charge in [-0.2, -0.15) is 0 Å². The van der Waals surface area contributed by atoms with E-state index in [0.717, 1.165) is 12.1 Å². The molecule has 11 nitrogen and oxygen atoms in total. The van der Waals surface area contributed by atoms with Gasteiger partial charge in [0, 0.05) is 17.8 Å². The van der Waals surface area contributed by atoms with Crippen molar-refractivity contribution in [3.63, 3.8) is 0 Å². The number of carbonyl (C=O) groups is 2. The monoisotopic (exact) mass is 424 g/mol. The minimum Gasteiger partial charge on any atom is -0.478 e. The molecule has 144 valence electrons. The molecule has 0 aliphatic heterocycles. The van der Waals surface area contributed by atoms with Crippen molar-refractivity contribution in [2.45, 2.75) is 0 Å². The lowest BCUT2D eigenvalue weighted by molar-refractivity contribution is -0.394. The lowest BCUT2D eigenvalue weighted by atomic mass is 10.1. The molecule has 0 bridgehead atoms. The lowest BCUT2D eigenvalue weighted by Gasteiger charge is -2.10. The van der Waals surface area contributed by atoms with Gasteiger partial charge in [-0.25, -0.2) is 4.79 Å². The fourth-order valence-electron chi connectivity index (χ4n) is 2.04. The minimum atomic E-state index is -1.27. The Labute approximate surface area is 166 Å². The predicted octanol–water partition coefficient (Wildman–Crippen LogP) is 2.98. The first-order valence-corrected chi connectivity index (χ1v) is 7.96. The summed E-state index contributed by atoms with van der Waals surface area (Å²) in [6.07, 6.45) is 0. The molecule has 2 aromatic rings. The fraction of sp³-hybridized carbons (Fsp3) is 0. The first kappa shape index (κ1) is 20.7. The van der Waals surface area contributed by atoms with Crippen LogP contribution in [0.15, 0.2) is 36.4 Å². The highest BCUT2D eigenvalue weighted by Gasteiger charge is 2.20. The Hall–Kier alpha value is -3.64. The Morgan fingerprint density at radius 3 is 2.11 bits per heavy atom. The number of carboxylic acid groups (broad SMARTS) is 1. The second kappa shape index (κ2) is 8.37. The summed E-state index contributed by atoms with van der Waals surface area (Å²) in [4.78, 5) is 43.3. The highest BCUT2D eigenvalue weighted by atomic mass is 35.5. The van der Waals surface area contributed by atoms with Gasteiger partial charge in [0.1, 0.15) is 0 Å². The Balaban J connectivity index is 2.20. The largest absolute Gasteiger partial charge is 0.478 e. The van der Waals surface area contributed by atoms with E-state index in [1.165, 1.54) is 18.2 Å². The van der Waals surface area contributed by atoms with E-state index in [-0.39, 0.29) is 26.9 Å². The van der Waals surface area contributed by atoms with Gasteiger partial charge in [0.15, 0.2) is 5.11 Å². The third kappa shape index (κ3) is 4.96. The van der Waals surface area contributed by atoms with Gasteiger partial charge in [-0.15, -0.1) is 0 Å². The SMILES string of the molecule is O=C(NC(=S)Nc1ccc(Cl)c(C(=O)O)c1)c1cc([N+](=O)[O-])cc([N+](=O)[O-])c1. The van der Waals surface area contributed by atoms with Crippen LogP contribution in [0.4, 0.5) is 17.1 Å². The first-order valence-electron chi connectivity index (χ1n) is 7.17. The van der Waals surface area contributed by atoms with Crippen molar-refractivity contribution in [1.82, 2.24) is 5.32 Å². The second-order valence-electron chi connectivity index (χ2n) is 5.16. The molecule has 0 atom stereocenters. The number of nitrogens with one attached hydrogen (secondary N) is 2. The predicted molar refractivity (Wildman–Crippen MR) is 102 cm³/mol. The van der Waals surface area contributed by atoms with E-state index in [0.29, 0.717) is 6.07 Å². The van der Waals surface area contributed by atoms with E-state index < -0.39 is 33.1 Å². The number of non-ortho nitro benzene ring substituents is 2. The number of hydrogen-bond donors (Lipinski definition) is 3. The molecular formula is C15H9ClN4O7S. The number of aromatic carboxylic acids is 1. The van der Waals surface area contributed by atoms with Crippen molar-refractivity contribution in [2.24, 2.45) is 0 Å². The van der Waals surface area contributed by atoms with E-state index in [1.807, 2.05) is 0 Å². The number of amides is 1. The van der Waals surface area contributed by atoms with Crippen LogP contribution >= 0.6 is 23.8 Å². The number of halogens is 1. The maximum absolute atomic E-state index is 12.2. The average Bonchev–Trinajstić information content (AvgIpc) is 2.62. The molecule has 1 amide bonds. The number of rotatable bonds is 5. The molecule has 0 aliphatic carbocycles. The number of thiocarbonyl (C=S) groups is 1. The fourth-order valence-corrected chi connectivity index (χ4v) is 2.45. The molecule has 0 radical (unpaired) electrons. The van der Waals surface area contributed by atoms with Gasteiger partial charge >= 0.3 is 5.97 Å². The molecular weight excluding hydrogens is 416 g/mol. The molecule has 28 heavy (non-hydrogen) atoms. The molecule has 2 aromatic carbocycles. The zero-order chi connectivity index (χ0) is 21.0. The number of nitro groups is 2. The number of nitrogens with zero attached hydrogens (tertiary/aromatic N) is 2. The van der Waals surface area contributed by atoms with Gasteiger partial charge in [-0.3, -0.25) is 30.3 Å². The molecule has 3 N–H and O–H groups in total. The number of anilines is 1. The molecule has 0 fully saturated rings. The standard InChI is InChI=1S/C15H9ClN4O7S/c16-12-2-1-8(5-11(12)14(22)23)17-15(28)18-13(21)7-3-9(19(24)25)6-10(4-7)20(26)27/h1-6H,(H,22,23)(H2,17,18,21,28). The van der Waals surface area contributed by atoms with Crippen LogP contribution in [0.5, 0.6) is 0 Å². The summed E-state index contributed by atoms with van der Waals surface area (Å²) in [5.41, 5.74) is -1.62. The van der Waals surface area contributed by atoms with Crippen LogP contribution in [0.25, 0.3) is 0 Å². The van der Waals surface area contributed by atoms with Gasteiger partial charge in [-0.1, -0.05) is 11.6 Å². The summed E-state index contributed by atoms with van der Waals surface area (Å²) >= 11 is 10.7. The quantitative estimate of drug-likeness (QED) is 0.371. The molecule has 0 spiro atoms. The smallest absolute Gasteiger partial charge is 0.337 e. The van der Waals surface area contributed by atoms with Crippen LogP contribution in [0.2, 0.25) is 5.02 Å². The summed E-state index contributed by atoms with van der Waals surface area (Å²) in [7, 11) is 0. The average molecular weight is 425 g/mol. The van der Waals surface area contributed by atoms with Crippen molar-refractivity contribution in [1.29, 1.82) is 0 Å². The highest BCUT2D eigenvalue weighted by Crippen LogP contribution is 2.23. The van der Waals surface area contributed by atoms with E-state index in [9.17, 15) is 29.8 Å². The van der Waals surface area contributed by atoms with Crippen LogP contribution in [0, 0.1) is 20.2 Å². The number of carboxylic acids is 1. The maximum Gasteiger partial charge on any atom is 0.337 e. The second-order valence-corrected chi connectivity index (χ2v) is 5.98.